The first-order valence-electron chi connectivity index (χ1n) is 11.0. The maximum Gasteiger partial charge on any atom is 0.272 e. The summed E-state index contributed by atoms with van der Waals surface area (Å²) in [6.45, 7) is 3.18. The lowest BCUT2D eigenvalue weighted by Gasteiger charge is -2.37. The summed E-state index contributed by atoms with van der Waals surface area (Å²) < 4.78 is 13.2. The number of benzene rings is 2. The third-order valence-corrected chi connectivity index (χ3v) is 6.34. The minimum Gasteiger partial charge on any atom is -0.368 e. The minimum atomic E-state index is -0.221. The number of carbonyl (C=O) groups excluding carboxylic acids is 1. The van der Waals surface area contributed by atoms with Crippen molar-refractivity contribution in [2.24, 2.45) is 0 Å². The van der Waals surface area contributed by atoms with Crippen molar-refractivity contribution in [1.29, 1.82) is 0 Å². The minimum absolute atomic E-state index is 0.136. The van der Waals surface area contributed by atoms with Gasteiger partial charge in [0, 0.05) is 48.7 Å². The Kier molecular flexibility index (Phi) is 5.40. The third kappa shape index (κ3) is 4.04. The molecule has 5 rings (SSSR count). The van der Waals surface area contributed by atoms with Gasteiger partial charge in [0.15, 0.2) is 11.5 Å². The standard InChI is InChI=1S/C24H26FN5O/c25-17-9-11-19(12-10-17)29-13-15-30(16-14-29)23-21-8-4-3-7-20(21)22(27-28-23)24(31)26-18-5-1-2-6-18/h3-4,7-12,18H,1-2,5-6,13-16H2,(H,26,31). The van der Waals surface area contributed by atoms with Crippen LogP contribution in [0.15, 0.2) is 48.5 Å². The van der Waals surface area contributed by atoms with Crippen molar-refractivity contribution in [2.75, 3.05) is 36.0 Å². The van der Waals surface area contributed by atoms with Gasteiger partial charge in [0.2, 0.25) is 0 Å². The first-order valence-corrected chi connectivity index (χ1v) is 11.0. The number of aromatic nitrogens is 2. The molecule has 1 N–H and O–H groups in total. The van der Waals surface area contributed by atoms with Crippen LogP contribution in [0.5, 0.6) is 0 Å². The van der Waals surface area contributed by atoms with Crippen molar-refractivity contribution >= 4 is 28.2 Å². The zero-order valence-electron chi connectivity index (χ0n) is 17.4. The van der Waals surface area contributed by atoms with Gasteiger partial charge in [-0.1, -0.05) is 37.1 Å². The zero-order valence-corrected chi connectivity index (χ0v) is 17.4. The highest BCUT2D eigenvalue weighted by molar-refractivity contribution is 6.07. The number of piperazine rings is 1. The molecule has 0 radical (unpaired) electrons. The summed E-state index contributed by atoms with van der Waals surface area (Å²) in [6, 6.07) is 14.7. The first-order chi connectivity index (χ1) is 15.2. The number of nitrogens with zero attached hydrogens (tertiary/aromatic N) is 4. The van der Waals surface area contributed by atoms with E-state index in [-0.39, 0.29) is 17.8 Å². The van der Waals surface area contributed by atoms with E-state index in [9.17, 15) is 9.18 Å². The second-order valence-electron chi connectivity index (χ2n) is 8.32. The number of hydrogen-bond donors (Lipinski definition) is 1. The van der Waals surface area contributed by atoms with E-state index in [0.29, 0.717) is 5.69 Å². The van der Waals surface area contributed by atoms with Gasteiger partial charge >= 0.3 is 0 Å². The van der Waals surface area contributed by atoms with E-state index in [1.807, 2.05) is 36.4 Å². The summed E-state index contributed by atoms with van der Waals surface area (Å²) >= 11 is 0. The molecule has 1 aliphatic carbocycles. The second kappa shape index (κ2) is 8.49. The van der Waals surface area contributed by atoms with Crippen LogP contribution in [-0.4, -0.2) is 48.3 Å². The molecular formula is C24H26FN5O. The number of hydrogen-bond acceptors (Lipinski definition) is 5. The van der Waals surface area contributed by atoms with Crippen LogP contribution in [0.4, 0.5) is 15.9 Å². The summed E-state index contributed by atoms with van der Waals surface area (Å²) in [5, 5.41) is 13.7. The summed E-state index contributed by atoms with van der Waals surface area (Å²) in [5.41, 5.74) is 1.42. The molecule has 2 aliphatic rings. The quantitative estimate of drug-likeness (QED) is 0.698. The third-order valence-electron chi connectivity index (χ3n) is 6.34. The number of carbonyl (C=O) groups is 1. The molecule has 3 aromatic rings. The summed E-state index contributed by atoms with van der Waals surface area (Å²) in [7, 11) is 0. The van der Waals surface area contributed by atoms with Crippen LogP contribution in [0.3, 0.4) is 0 Å². The maximum absolute atomic E-state index is 13.2. The topological polar surface area (TPSA) is 61.4 Å². The summed E-state index contributed by atoms with van der Waals surface area (Å²) in [4.78, 5) is 17.3. The molecule has 2 fully saturated rings. The van der Waals surface area contributed by atoms with E-state index < -0.39 is 0 Å². The first kappa shape index (κ1) is 19.7. The zero-order chi connectivity index (χ0) is 21.2. The molecule has 1 saturated heterocycles. The van der Waals surface area contributed by atoms with Gasteiger partial charge in [0.05, 0.1) is 0 Å². The van der Waals surface area contributed by atoms with Crippen LogP contribution < -0.4 is 15.1 Å². The lowest BCUT2D eigenvalue weighted by molar-refractivity contribution is 0.0933. The number of rotatable bonds is 4. The molecule has 2 aromatic carbocycles. The molecule has 0 unspecified atom stereocenters. The highest BCUT2D eigenvalue weighted by atomic mass is 19.1. The van der Waals surface area contributed by atoms with Crippen molar-refractivity contribution in [3.8, 4) is 0 Å². The van der Waals surface area contributed by atoms with Crippen LogP contribution in [-0.2, 0) is 0 Å². The Bertz CT molecular complexity index is 1070. The van der Waals surface area contributed by atoms with Gasteiger partial charge in [0.1, 0.15) is 5.82 Å². The van der Waals surface area contributed by atoms with Crippen molar-refractivity contribution in [3.05, 3.63) is 60.0 Å². The number of halogens is 1. The largest absolute Gasteiger partial charge is 0.368 e. The van der Waals surface area contributed by atoms with Gasteiger partial charge in [-0.05, 0) is 37.1 Å². The Morgan fingerprint density at radius 3 is 2.23 bits per heavy atom. The number of anilines is 2. The van der Waals surface area contributed by atoms with Crippen molar-refractivity contribution < 1.29 is 9.18 Å². The average Bonchev–Trinajstić information content (AvgIpc) is 3.32. The van der Waals surface area contributed by atoms with E-state index in [0.717, 1.165) is 61.3 Å². The van der Waals surface area contributed by atoms with Crippen LogP contribution in [0.25, 0.3) is 10.8 Å². The van der Waals surface area contributed by atoms with Gasteiger partial charge in [-0.2, -0.15) is 0 Å². The number of fused-ring (bicyclic) bond motifs is 1. The molecule has 160 valence electrons. The Morgan fingerprint density at radius 2 is 1.52 bits per heavy atom. The van der Waals surface area contributed by atoms with Crippen LogP contribution in [0.2, 0.25) is 0 Å². The van der Waals surface area contributed by atoms with Gasteiger partial charge in [0.25, 0.3) is 5.91 Å². The molecule has 1 aliphatic heterocycles. The van der Waals surface area contributed by atoms with Gasteiger partial charge < -0.3 is 15.1 Å². The maximum atomic E-state index is 13.2. The number of nitrogens with one attached hydrogen (secondary N) is 1. The van der Waals surface area contributed by atoms with Crippen molar-refractivity contribution in [3.63, 3.8) is 0 Å². The van der Waals surface area contributed by atoms with Gasteiger partial charge in [-0.3, -0.25) is 4.79 Å². The van der Waals surface area contributed by atoms with Crippen LogP contribution in [0.1, 0.15) is 36.2 Å². The predicted molar refractivity (Wildman–Crippen MR) is 120 cm³/mol. The molecule has 1 aromatic heterocycles. The lowest BCUT2D eigenvalue weighted by atomic mass is 10.1. The highest BCUT2D eigenvalue weighted by Gasteiger charge is 2.24. The molecule has 0 atom stereocenters. The second-order valence-corrected chi connectivity index (χ2v) is 8.32. The molecule has 7 heteroatoms. The Labute approximate surface area is 181 Å². The SMILES string of the molecule is O=C(NC1CCCC1)c1nnc(N2CCN(c3ccc(F)cc3)CC2)c2ccccc12. The lowest BCUT2D eigenvalue weighted by Crippen LogP contribution is -2.47. The summed E-state index contributed by atoms with van der Waals surface area (Å²) in [5.74, 6) is 0.455. The molecular weight excluding hydrogens is 393 g/mol. The molecule has 0 spiro atoms. The monoisotopic (exact) mass is 419 g/mol. The van der Waals surface area contributed by atoms with Crippen molar-refractivity contribution in [1.82, 2.24) is 15.5 Å². The van der Waals surface area contributed by atoms with E-state index in [4.69, 9.17) is 0 Å². The predicted octanol–water partition coefficient (Wildman–Crippen LogP) is 3.77. The highest BCUT2D eigenvalue weighted by Crippen LogP contribution is 2.28. The van der Waals surface area contributed by atoms with Crippen LogP contribution in [0, 0.1) is 5.82 Å². The van der Waals surface area contributed by atoms with E-state index in [1.165, 1.54) is 25.0 Å². The molecule has 0 bridgehead atoms. The average molecular weight is 420 g/mol. The van der Waals surface area contributed by atoms with E-state index >= 15 is 0 Å². The van der Waals surface area contributed by atoms with E-state index in [2.05, 4.69) is 25.3 Å². The Hall–Kier alpha value is -3.22. The molecule has 31 heavy (non-hydrogen) atoms. The fraction of sp³-hybridized carbons (Fsp3) is 0.375. The fourth-order valence-electron chi connectivity index (χ4n) is 4.64. The summed E-state index contributed by atoms with van der Waals surface area (Å²) in [6.07, 6.45) is 4.40. The molecule has 6 nitrogen and oxygen atoms in total. The normalized spacial score (nSPS) is 17.3. The van der Waals surface area contributed by atoms with Crippen molar-refractivity contribution in [2.45, 2.75) is 31.7 Å². The van der Waals surface area contributed by atoms with Crippen LogP contribution >= 0.6 is 0 Å². The Balaban J connectivity index is 1.36. The number of amides is 1. The smallest absolute Gasteiger partial charge is 0.272 e. The van der Waals surface area contributed by atoms with Gasteiger partial charge in [-0.15, -0.1) is 10.2 Å². The van der Waals surface area contributed by atoms with Gasteiger partial charge in [-0.25, -0.2) is 4.39 Å². The molecule has 1 saturated carbocycles. The molecule has 2 heterocycles. The molecule has 1 amide bonds. The fourth-order valence-corrected chi connectivity index (χ4v) is 4.64. The Morgan fingerprint density at radius 1 is 0.871 bits per heavy atom. The van der Waals surface area contributed by atoms with E-state index in [1.54, 1.807) is 0 Å².